The normalized spacial score (nSPS) is 12.2. The fraction of sp³-hybridized carbons (Fsp3) is 0.294. The summed E-state index contributed by atoms with van der Waals surface area (Å²) in [6, 6.07) is 14.7. The van der Waals surface area contributed by atoms with Crippen molar-refractivity contribution < 1.29 is 9.13 Å². The number of halogens is 2. The van der Waals surface area contributed by atoms with Gasteiger partial charge >= 0.3 is 0 Å². The van der Waals surface area contributed by atoms with Gasteiger partial charge in [-0.3, -0.25) is 0 Å². The van der Waals surface area contributed by atoms with Crippen molar-refractivity contribution in [2.45, 2.75) is 24.6 Å². The summed E-state index contributed by atoms with van der Waals surface area (Å²) in [5, 5.41) is 0. The first-order valence-electron chi connectivity index (χ1n) is 6.80. The standard InChI is InChI=1S/C17H18BrFO/c1-2-10-20-16-5-3-4-14(12-16)17(18)11-13-6-8-15(19)9-7-13/h3-9,12,17H,2,10-11H2,1H3. The van der Waals surface area contributed by atoms with Crippen LogP contribution in [0.15, 0.2) is 48.5 Å². The minimum absolute atomic E-state index is 0.193. The fourth-order valence-corrected chi connectivity index (χ4v) is 2.62. The minimum atomic E-state index is -0.199. The van der Waals surface area contributed by atoms with Crippen LogP contribution < -0.4 is 4.74 Å². The molecule has 2 aromatic carbocycles. The van der Waals surface area contributed by atoms with Crippen LogP contribution in [-0.2, 0) is 6.42 Å². The van der Waals surface area contributed by atoms with E-state index in [1.165, 1.54) is 17.7 Å². The van der Waals surface area contributed by atoms with Crippen LogP contribution >= 0.6 is 15.9 Å². The molecule has 0 radical (unpaired) electrons. The van der Waals surface area contributed by atoms with Crippen LogP contribution in [0.2, 0.25) is 0 Å². The van der Waals surface area contributed by atoms with E-state index in [0.29, 0.717) is 0 Å². The van der Waals surface area contributed by atoms with Gasteiger partial charge in [-0.2, -0.15) is 0 Å². The third-order valence-corrected chi connectivity index (χ3v) is 3.87. The lowest BCUT2D eigenvalue weighted by Gasteiger charge is -2.12. The third-order valence-electron chi connectivity index (χ3n) is 3.02. The Kier molecular flexibility index (Phi) is 5.60. The van der Waals surface area contributed by atoms with Gasteiger partial charge in [0.15, 0.2) is 0 Å². The summed E-state index contributed by atoms with van der Waals surface area (Å²) in [7, 11) is 0. The SMILES string of the molecule is CCCOc1cccc(C(Br)Cc2ccc(F)cc2)c1. The Balaban J connectivity index is 2.04. The molecule has 1 unspecified atom stereocenters. The maximum Gasteiger partial charge on any atom is 0.123 e. The van der Waals surface area contributed by atoms with E-state index in [9.17, 15) is 4.39 Å². The molecule has 1 nitrogen and oxygen atoms in total. The lowest BCUT2D eigenvalue weighted by atomic mass is 10.0. The van der Waals surface area contributed by atoms with Crippen LogP contribution in [0.25, 0.3) is 0 Å². The van der Waals surface area contributed by atoms with Crippen molar-refractivity contribution in [3.63, 3.8) is 0 Å². The maximum absolute atomic E-state index is 12.9. The highest BCUT2D eigenvalue weighted by molar-refractivity contribution is 9.09. The minimum Gasteiger partial charge on any atom is -0.494 e. The fourth-order valence-electron chi connectivity index (χ4n) is 1.96. The van der Waals surface area contributed by atoms with E-state index in [-0.39, 0.29) is 10.6 Å². The van der Waals surface area contributed by atoms with Gasteiger partial charge in [0, 0.05) is 4.83 Å². The number of alkyl halides is 1. The topological polar surface area (TPSA) is 9.23 Å². The highest BCUT2D eigenvalue weighted by atomic mass is 79.9. The summed E-state index contributed by atoms with van der Waals surface area (Å²) < 4.78 is 18.5. The summed E-state index contributed by atoms with van der Waals surface area (Å²) >= 11 is 3.69. The average Bonchev–Trinajstić information content (AvgIpc) is 2.48. The van der Waals surface area contributed by atoms with Crippen molar-refractivity contribution in [3.05, 3.63) is 65.5 Å². The Hall–Kier alpha value is -1.35. The molecule has 20 heavy (non-hydrogen) atoms. The lowest BCUT2D eigenvalue weighted by molar-refractivity contribution is 0.317. The quantitative estimate of drug-likeness (QED) is 0.651. The molecule has 0 aliphatic carbocycles. The number of rotatable bonds is 6. The van der Waals surface area contributed by atoms with Gasteiger partial charge in [-0.25, -0.2) is 4.39 Å². The molecule has 0 bridgehead atoms. The first-order valence-corrected chi connectivity index (χ1v) is 7.72. The van der Waals surface area contributed by atoms with Crippen molar-refractivity contribution >= 4 is 15.9 Å². The van der Waals surface area contributed by atoms with Gasteiger partial charge in [-0.05, 0) is 48.2 Å². The van der Waals surface area contributed by atoms with Gasteiger partial charge < -0.3 is 4.74 Å². The Labute approximate surface area is 127 Å². The second-order valence-corrected chi connectivity index (χ2v) is 5.82. The first kappa shape index (κ1) is 15.0. The monoisotopic (exact) mass is 336 g/mol. The van der Waals surface area contributed by atoms with Crippen LogP contribution in [0.1, 0.15) is 29.3 Å². The molecule has 0 heterocycles. The van der Waals surface area contributed by atoms with E-state index in [2.05, 4.69) is 35.0 Å². The molecule has 2 aromatic rings. The number of hydrogen-bond acceptors (Lipinski definition) is 1. The smallest absolute Gasteiger partial charge is 0.123 e. The maximum atomic E-state index is 12.9. The predicted molar refractivity (Wildman–Crippen MR) is 84.0 cm³/mol. The zero-order valence-electron chi connectivity index (χ0n) is 11.5. The summed E-state index contributed by atoms with van der Waals surface area (Å²) in [6.45, 7) is 2.82. The van der Waals surface area contributed by atoms with E-state index in [1.807, 2.05) is 24.3 Å². The van der Waals surface area contributed by atoms with Crippen LogP contribution in [0.4, 0.5) is 4.39 Å². The largest absolute Gasteiger partial charge is 0.494 e. The molecule has 0 aliphatic rings. The van der Waals surface area contributed by atoms with Crippen LogP contribution in [0, 0.1) is 5.82 Å². The molecular weight excluding hydrogens is 319 g/mol. The molecule has 1 atom stereocenters. The highest BCUT2D eigenvalue weighted by Gasteiger charge is 2.09. The summed E-state index contributed by atoms with van der Waals surface area (Å²) in [6.07, 6.45) is 1.81. The number of ether oxygens (including phenoxy) is 1. The van der Waals surface area contributed by atoms with Crippen LogP contribution in [0.3, 0.4) is 0 Å². The van der Waals surface area contributed by atoms with Gasteiger partial charge in [0.05, 0.1) is 6.61 Å². The van der Waals surface area contributed by atoms with Crippen molar-refractivity contribution in [2.75, 3.05) is 6.61 Å². The van der Waals surface area contributed by atoms with Crippen LogP contribution in [0.5, 0.6) is 5.75 Å². The van der Waals surface area contributed by atoms with E-state index in [4.69, 9.17) is 4.74 Å². The number of hydrogen-bond donors (Lipinski definition) is 0. The summed E-state index contributed by atoms with van der Waals surface area (Å²) in [5.41, 5.74) is 2.27. The van der Waals surface area contributed by atoms with Crippen molar-refractivity contribution in [1.29, 1.82) is 0 Å². The van der Waals surface area contributed by atoms with E-state index in [1.54, 1.807) is 0 Å². The van der Waals surface area contributed by atoms with Gasteiger partial charge in [-0.1, -0.05) is 47.1 Å². The zero-order chi connectivity index (χ0) is 14.4. The first-order chi connectivity index (χ1) is 9.69. The van der Waals surface area contributed by atoms with E-state index in [0.717, 1.165) is 30.8 Å². The Bertz CT molecular complexity index is 539. The molecule has 0 aliphatic heterocycles. The van der Waals surface area contributed by atoms with Gasteiger partial charge in [0.2, 0.25) is 0 Å². The second kappa shape index (κ2) is 7.44. The molecule has 106 valence electrons. The molecule has 3 heteroatoms. The Morgan fingerprint density at radius 2 is 1.90 bits per heavy atom. The Morgan fingerprint density at radius 3 is 2.60 bits per heavy atom. The average molecular weight is 337 g/mol. The third kappa shape index (κ3) is 4.34. The van der Waals surface area contributed by atoms with Crippen molar-refractivity contribution in [3.8, 4) is 5.75 Å². The molecule has 0 saturated carbocycles. The molecule has 0 aromatic heterocycles. The van der Waals surface area contributed by atoms with Gasteiger partial charge in [-0.15, -0.1) is 0 Å². The van der Waals surface area contributed by atoms with Gasteiger partial charge in [0.25, 0.3) is 0 Å². The Morgan fingerprint density at radius 1 is 1.15 bits per heavy atom. The second-order valence-electron chi connectivity index (χ2n) is 4.72. The molecule has 0 N–H and O–H groups in total. The van der Waals surface area contributed by atoms with Gasteiger partial charge in [0.1, 0.15) is 11.6 Å². The van der Waals surface area contributed by atoms with E-state index < -0.39 is 0 Å². The summed E-state index contributed by atoms with van der Waals surface area (Å²) in [4.78, 5) is 0.193. The number of benzene rings is 2. The molecule has 2 rings (SSSR count). The highest BCUT2D eigenvalue weighted by Crippen LogP contribution is 2.29. The molecule has 0 spiro atoms. The van der Waals surface area contributed by atoms with Crippen molar-refractivity contribution in [1.82, 2.24) is 0 Å². The van der Waals surface area contributed by atoms with Crippen molar-refractivity contribution in [2.24, 2.45) is 0 Å². The molecule has 0 amide bonds. The predicted octanol–water partition coefficient (Wildman–Crippen LogP) is 5.29. The molecule has 0 fully saturated rings. The zero-order valence-corrected chi connectivity index (χ0v) is 13.1. The molecule has 0 saturated heterocycles. The summed E-state index contributed by atoms with van der Waals surface area (Å²) in [5.74, 6) is 0.697. The molecular formula is C17H18BrFO. The lowest BCUT2D eigenvalue weighted by Crippen LogP contribution is -1.98. The van der Waals surface area contributed by atoms with Crippen LogP contribution in [-0.4, -0.2) is 6.61 Å². The van der Waals surface area contributed by atoms with E-state index >= 15 is 0 Å².